The zero-order valence-corrected chi connectivity index (χ0v) is 24.0. The average molecular weight is 560 g/mol. The predicted octanol–water partition coefficient (Wildman–Crippen LogP) is 3.20. The number of rotatable bonds is 11. The molecule has 212 valence electrons. The fraction of sp³-hybridized carbons (Fsp3) is 0.500. The van der Waals surface area contributed by atoms with Gasteiger partial charge in [-0.15, -0.1) is 11.8 Å². The summed E-state index contributed by atoms with van der Waals surface area (Å²) in [6.07, 6.45) is 2.38. The maximum Gasteiger partial charge on any atom is 0.256 e. The Labute approximate surface area is 233 Å². The standard InChI is InChI=1S/C28H37N3O7S/c1-34-21-9-8-18(14-22(21)35-2)28-31(20(17-39-28)26(32)29-10-13-30-11-6-7-12-30)27(33)19-15-23(36-3)25(38-5)24(16-19)37-4/h8-9,14-16,20,28H,6-7,10-13,17H2,1-5H3,(H,29,32). The maximum atomic E-state index is 14.2. The zero-order valence-electron chi connectivity index (χ0n) is 23.2. The van der Waals surface area contributed by atoms with E-state index in [4.69, 9.17) is 23.7 Å². The second-order valence-electron chi connectivity index (χ2n) is 9.28. The highest BCUT2D eigenvalue weighted by Crippen LogP contribution is 2.46. The molecule has 11 heteroatoms. The molecule has 0 aliphatic carbocycles. The fourth-order valence-electron chi connectivity index (χ4n) is 5.03. The molecule has 2 fully saturated rings. The third-order valence-corrected chi connectivity index (χ3v) is 8.39. The van der Waals surface area contributed by atoms with Crippen molar-refractivity contribution in [2.24, 2.45) is 0 Å². The number of amides is 2. The number of hydrogen-bond acceptors (Lipinski definition) is 9. The highest BCUT2D eigenvalue weighted by Gasteiger charge is 2.43. The Kier molecular flexibility index (Phi) is 9.68. The van der Waals surface area contributed by atoms with Crippen LogP contribution in [0.5, 0.6) is 28.7 Å². The molecule has 2 heterocycles. The Balaban J connectivity index is 1.66. The molecule has 1 N–H and O–H groups in total. The average Bonchev–Trinajstić information content (AvgIpc) is 3.66. The van der Waals surface area contributed by atoms with Crippen LogP contribution in [0.1, 0.15) is 34.1 Å². The molecule has 10 nitrogen and oxygen atoms in total. The lowest BCUT2D eigenvalue weighted by molar-refractivity contribution is -0.124. The third-order valence-electron chi connectivity index (χ3n) is 7.07. The molecule has 2 aliphatic rings. The van der Waals surface area contributed by atoms with E-state index < -0.39 is 11.4 Å². The van der Waals surface area contributed by atoms with Gasteiger partial charge in [0.2, 0.25) is 11.7 Å². The van der Waals surface area contributed by atoms with E-state index in [2.05, 4.69) is 10.2 Å². The van der Waals surface area contributed by atoms with Crippen molar-refractivity contribution in [3.05, 3.63) is 41.5 Å². The van der Waals surface area contributed by atoms with Crippen molar-refractivity contribution in [1.82, 2.24) is 15.1 Å². The van der Waals surface area contributed by atoms with E-state index in [-0.39, 0.29) is 11.8 Å². The highest BCUT2D eigenvalue weighted by atomic mass is 32.2. The summed E-state index contributed by atoms with van der Waals surface area (Å²) < 4.78 is 27.3. The van der Waals surface area contributed by atoms with Crippen molar-refractivity contribution in [2.45, 2.75) is 24.3 Å². The van der Waals surface area contributed by atoms with Gasteiger partial charge < -0.3 is 38.8 Å². The first-order chi connectivity index (χ1) is 18.9. The molecule has 0 aromatic heterocycles. The summed E-state index contributed by atoms with van der Waals surface area (Å²) in [6.45, 7) is 3.45. The molecule has 4 rings (SSSR count). The Hall–Kier alpha value is -3.31. The molecule has 2 atom stereocenters. The highest BCUT2D eigenvalue weighted by molar-refractivity contribution is 7.99. The first kappa shape index (κ1) is 28.7. The van der Waals surface area contributed by atoms with Crippen molar-refractivity contribution >= 4 is 23.6 Å². The van der Waals surface area contributed by atoms with E-state index in [1.54, 1.807) is 37.3 Å². The summed E-state index contributed by atoms with van der Waals surface area (Å²) in [5.41, 5.74) is 1.15. The van der Waals surface area contributed by atoms with Gasteiger partial charge >= 0.3 is 0 Å². The van der Waals surface area contributed by atoms with E-state index in [1.165, 1.54) is 45.9 Å². The van der Waals surface area contributed by atoms with E-state index in [0.717, 1.165) is 25.2 Å². The molecule has 0 bridgehead atoms. The molecule has 2 saturated heterocycles. The van der Waals surface area contributed by atoms with Crippen molar-refractivity contribution in [1.29, 1.82) is 0 Å². The van der Waals surface area contributed by atoms with E-state index in [9.17, 15) is 9.59 Å². The normalized spacial score (nSPS) is 19.1. The number of thioether (sulfide) groups is 1. The first-order valence-corrected chi connectivity index (χ1v) is 14.0. The van der Waals surface area contributed by atoms with E-state index >= 15 is 0 Å². The van der Waals surface area contributed by atoms with Crippen LogP contribution in [0, 0.1) is 0 Å². The molecular weight excluding hydrogens is 522 g/mol. The Morgan fingerprint density at radius 2 is 1.51 bits per heavy atom. The molecule has 2 aliphatic heterocycles. The van der Waals surface area contributed by atoms with Crippen LogP contribution < -0.4 is 29.0 Å². The Morgan fingerprint density at radius 1 is 0.872 bits per heavy atom. The minimum atomic E-state index is -0.668. The lowest BCUT2D eigenvalue weighted by Gasteiger charge is -2.30. The lowest BCUT2D eigenvalue weighted by Crippen LogP contribution is -2.49. The summed E-state index contributed by atoms with van der Waals surface area (Å²) >= 11 is 1.53. The van der Waals surface area contributed by atoms with Gasteiger partial charge in [0.05, 0.1) is 35.5 Å². The van der Waals surface area contributed by atoms with Gasteiger partial charge in [0.15, 0.2) is 23.0 Å². The van der Waals surface area contributed by atoms with Crippen LogP contribution in [0.3, 0.4) is 0 Å². The predicted molar refractivity (Wildman–Crippen MR) is 149 cm³/mol. The number of likely N-dealkylation sites (tertiary alicyclic amines) is 1. The van der Waals surface area contributed by atoms with Crippen molar-refractivity contribution in [2.75, 3.05) is 67.5 Å². The molecule has 2 unspecified atom stereocenters. The topological polar surface area (TPSA) is 98.8 Å². The molecule has 2 aromatic rings. The fourth-order valence-corrected chi connectivity index (χ4v) is 6.45. The quantitative estimate of drug-likeness (QED) is 0.445. The largest absolute Gasteiger partial charge is 0.493 e. The monoisotopic (exact) mass is 559 g/mol. The summed E-state index contributed by atoms with van der Waals surface area (Å²) in [6, 6.07) is 8.10. The van der Waals surface area contributed by atoms with E-state index in [0.29, 0.717) is 46.6 Å². The number of methoxy groups -OCH3 is 5. The minimum absolute atomic E-state index is 0.175. The van der Waals surface area contributed by atoms with Gasteiger partial charge in [-0.1, -0.05) is 6.07 Å². The van der Waals surface area contributed by atoms with Crippen LogP contribution in [-0.2, 0) is 4.79 Å². The maximum absolute atomic E-state index is 14.2. The number of carbonyl (C=O) groups excluding carboxylic acids is 2. The second-order valence-corrected chi connectivity index (χ2v) is 10.4. The first-order valence-electron chi connectivity index (χ1n) is 12.9. The summed E-state index contributed by atoms with van der Waals surface area (Å²) in [4.78, 5) is 31.6. The zero-order chi connectivity index (χ0) is 27.9. The van der Waals surface area contributed by atoms with Crippen LogP contribution in [0.15, 0.2) is 30.3 Å². The van der Waals surface area contributed by atoms with Gasteiger partial charge in [0, 0.05) is 24.4 Å². The smallest absolute Gasteiger partial charge is 0.256 e. The number of nitrogens with zero attached hydrogens (tertiary/aromatic N) is 2. The summed E-state index contributed by atoms with van der Waals surface area (Å²) in [5.74, 6) is 2.20. The van der Waals surface area contributed by atoms with Gasteiger partial charge in [-0.2, -0.15) is 0 Å². The van der Waals surface area contributed by atoms with Crippen molar-refractivity contribution in [3.63, 3.8) is 0 Å². The number of benzene rings is 2. The van der Waals surface area contributed by atoms with Gasteiger partial charge in [-0.05, 0) is 55.8 Å². The van der Waals surface area contributed by atoms with Gasteiger partial charge in [-0.25, -0.2) is 0 Å². The van der Waals surface area contributed by atoms with Crippen LogP contribution in [0.4, 0.5) is 0 Å². The van der Waals surface area contributed by atoms with Crippen molar-refractivity contribution in [3.8, 4) is 28.7 Å². The SMILES string of the molecule is COc1ccc(C2SCC(C(=O)NCCN3CCCC3)N2C(=O)c2cc(OC)c(OC)c(OC)c2)cc1OC. The van der Waals surface area contributed by atoms with Gasteiger partial charge in [0.1, 0.15) is 11.4 Å². The van der Waals surface area contributed by atoms with Crippen molar-refractivity contribution < 1.29 is 33.3 Å². The Morgan fingerprint density at radius 3 is 2.10 bits per heavy atom. The van der Waals surface area contributed by atoms with Gasteiger partial charge in [-0.3, -0.25) is 9.59 Å². The molecule has 2 aromatic carbocycles. The van der Waals surface area contributed by atoms with Crippen LogP contribution >= 0.6 is 11.8 Å². The van der Waals surface area contributed by atoms with Crippen LogP contribution in [0.25, 0.3) is 0 Å². The third kappa shape index (κ3) is 6.14. The summed E-state index contributed by atoms with van der Waals surface area (Å²) in [7, 11) is 7.65. The van der Waals surface area contributed by atoms with Gasteiger partial charge in [0.25, 0.3) is 5.91 Å². The molecule has 0 radical (unpaired) electrons. The molecule has 2 amide bonds. The Bertz CT molecular complexity index is 1150. The molecule has 39 heavy (non-hydrogen) atoms. The number of nitrogens with one attached hydrogen (secondary N) is 1. The summed E-state index contributed by atoms with van der Waals surface area (Å²) in [5, 5.41) is 2.64. The molecule has 0 saturated carbocycles. The molecular formula is C28H37N3O7S. The number of carbonyl (C=O) groups is 2. The lowest BCUT2D eigenvalue weighted by atomic mass is 10.1. The minimum Gasteiger partial charge on any atom is -0.493 e. The van der Waals surface area contributed by atoms with Crippen LogP contribution in [-0.4, -0.2) is 95.1 Å². The second kappa shape index (κ2) is 13.2. The van der Waals surface area contributed by atoms with E-state index in [1.807, 2.05) is 12.1 Å². The number of hydrogen-bond donors (Lipinski definition) is 1. The number of ether oxygens (including phenoxy) is 5. The van der Waals surface area contributed by atoms with Crippen LogP contribution in [0.2, 0.25) is 0 Å². The molecule has 0 spiro atoms.